The largest absolute Gasteiger partial charge is 0.447 e. The van der Waals surface area contributed by atoms with Gasteiger partial charge in [-0.15, -0.1) is 0 Å². The highest BCUT2D eigenvalue weighted by molar-refractivity contribution is 5.83. The molecule has 0 aliphatic carbocycles. The van der Waals surface area contributed by atoms with E-state index in [1.807, 2.05) is 60.7 Å². The molecule has 0 saturated carbocycles. The van der Waals surface area contributed by atoms with E-state index in [9.17, 15) is 9.59 Å². The van der Waals surface area contributed by atoms with Crippen LogP contribution in [0.4, 0.5) is 0 Å². The Morgan fingerprint density at radius 3 is 2.33 bits per heavy atom. The van der Waals surface area contributed by atoms with Gasteiger partial charge in [0.15, 0.2) is 0 Å². The Kier molecular flexibility index (Phi) is 7.78. The molecule has 6 heteroatoms. The summed E-state index contributed by atoms with van der Waals surface area (Å²) in [6.07, 6.45) is 3.42. The lowest BCUT2D eigenvalue weighted by molar-refractivity contribution is -0.132. The number of nitrogens with one attached hydrogen (secondary N) is 1. The van der Waals surface area contributed by atoms with Gasteiger partial charge >= 0.3 is 0 Å². The summed E-state index contributed by atoms with van der Waals surface area (Å²) in [6.45, 7) is 0.844. The number of likely N-dealkylation sites (N-methyl/N-ethyl adjacent to an activating group) is 1. The molecule has 1 aromatic heterocycles. The summed E-state index contributed by atoms with van der Waals surface area (Å²) in [4.78, 5) is 30.4. The van der Waals surface area contributed by atoms with Crippen molar-refractivity contribution >= 4 is 11.8 Å². The minimum atomic E-state index is -0.192. The van der Waals surface area contributed by atoms with Gasteiger partial charge in [0.2, 0.25) is 17.7 Å². The van der Waals surface area contributed by atoms with Crippen molar-refractivity contribution in [2.24, 2.45) is 0 Å². The lowest BCUT2D eigenvalue weighted by atomic mass is 10.1. The molecule has 0 spiro atoms. The fourth-order valence-electron chi connectivity index (χ4n) is 3.06. The molecule has 0 fully saturated rings. The van der Waals surface area contributed by atoms with Crippen LogP contribution in [-0.2, 0) is 29.0 Å². The molecule has 3 rings (SSSR count). The molecule has 156 valence electrons. The van der Waals surface area contributed by atoms with Crippen molar-refractivity contribution in [2.45, 2.75) is 32.2 Å². The summed E-state index contributed by atoms with van der Waals surface area (Å²) in [5, 5.41) is 2.76. The minimum absolute atomic E-state index is 0.0395. The van der Waals surface area contributed by atoms with Crippen LogP contribution in [-0.4, -0.2) is 35.3 Å². The van der Waals surface area contributed by atoms with Gasteiger partial charge in [0, 0.05) is 32.9 Å². The van der Waals surface area contributed by atoms with Gasteiger partial charge in [-0.2, -0.15) is 0 Å². The molecule has 30 heavy (non-hydrogen) atoms. The first-order chi connectivity index (χ1) is 14.6. The molecular weight excluding hydrogens is 378 g/mol. The number of carbonyl (C=O) groups is 2. The average Bonchev–Trinajstić information content (AvgIpc) is 3.23. The molecule has 0 aliphatic heterocycles. The predicted octanol–water partition coefficient (Wildman–Crippen LogP) is 3.36. The Balaban J connectivity index is 1.35. The quantitative estimate of drug-likeness (QED) is 0.561. The molecule has 3 aromatic rings. The van der Waals surface area contributed by atoms with E-state index < -0.39 is 0 Å². The summed E-state index contributed by atoms with van der Waals surface area (Å²) >= 11 is 0. The standard InChI is InChI=1S/C24H27N3O3/c1-27(15-14-19-8-4-2-5-9-19)24(29)13-12-22(28)25-17-23-26-21(18-30-23)16-20-10-6-3-7-11-20/h2-11,18H,12-17H2,1H3,(H,25,28). The predicted molar refractivity (Wildman–Crippen MR) is 115 cm³/mol. The van der Waals surface area contributed by atoms with Crippen LogP contribution in [0.3, 0.4) is 0 Å². The third-order valence-corrected chi connectivity index (χ3v) is 4.83. The molecule has 6 nitrogen and oxygen atoms in total. The van der Waals surface area contributed by atoms with Crippen molar-refractivity contribution < 1.29 is 14.0 Å². The van der Waals surface area contributed by atoms with E-state index in [-0.39, 0.29) is 31.2 Å². The van der Waals surface area contributed by atoms with Gasteiger partial charge in [-0.25, -0.2) is 4.98 Å². The molecule has 0 radical (unpaired) electrons. The smallest absolute Gasteiger partial charge is 0.222 e. The van der Waals surface area contributed by atoms with Gasteiger partial charge in [0.05, 0.1) is 12.2 Å². The monoisotopic (exact) mass is 405 g/mol. The number of rotatable bonds is 10. The summed E-state index contributed by atoms with van der Waals surface area (Å²) in [6, 6.07) is 20.0. The van der Waals surface area contributed by atoms with E-state index in [4.69, 9.17) is 4.42 Å². The number of carbonyl (C=O) groups excluding carboxylic acids is 2. The summed E-state index contributed by atoms with van der Waals surface area (Å²) in [7, 11) is 1.77. The number of nitrogens with zero attached hydrogens (tertiary/aromatic N) is 2. The van der Waals surface area contributed by atoms with Gasteiger partial charge in [-0.1, -0.05) is 60.7 Å². The molecule has 0 bridgehead atoms. The number of aromatic nitrogens is 1. The van der Waals surface area contributed by atoms with Crippen LogP contribution in [0.15, 0.2) is 71.3 Å². The minimum Gasteiger partial charge on any atom is -0.447 e. The Hall–Kier alpha value is -3.41. The molecule has 0 atom stereocenters. The second kappa shape index (κ2) is 11.0. The van der Waals surface area contributed by atoms with Crippen LogP contribution >= 0.6 is 0 Å². The lowest BCUT2D eigenvalue weighted by Gasteiger charge is -2.17. The molecule has 2 amide bonds. The number of oxazole rings is 1. The summed E-state index contributed by atoms with van der Waals surface area (Å²) in [5.41, 5.74) is 3.16. The molecule has 1 N–H and O–H groups in total. The lowest BCUT2D eigenvalue weighted by Crippen LogP contribution is -2.30. The second-order valence-electron chi connectivity index (χ2n) is 7.22. The number of hydrogen-bond acceptors (Lipinski definition) is 4. The van der Waals surface area contributed by atoms with Crippen LogP contribution < -0.4 is 5.32 Å². The SMILES string of the molecule is CN(CCc1ccccc1)C(=O)CCC(=O)NCc1nc(Cc2ccccc2)co1. The van der Waals surface area contributed by atoms with Crippen molar-refractivity contribution in [3.05, 3.63) is 89.6 Å². The van der Waals surface area contributed by atoms with E-state index in [1.165, 1.54) is 5.56 Å². The molecule has 0 saturated heterocycles. The topological polar surface area (TPSA) is 75.4 Å². The zero-order valence-corrected chi connectivity index (χ0v) is 17.2. The first-order valence-corrected chi connectivity index (χ1v) is 10.1. The van der Waals surface area contributed by atoms with E-state index >= 15 is 0 Å². The third-order valence-electron chi connectivity index (χ3n) is 4.83. The van der Waals surface area contributed by atoms with Crippen molar-refractivity contribution in [1.29, 1.82) is 0 Å². The van der Waals surface area contributed by atoms with Crippen LogP contribution in [0, 0.1) is 0 Å². The fraction of sp³-hybridized carbons (Fsp3) is 0.292. The molecular formula is C24H27N3O3. The highest BCUT2D eigenvalue weighted by Crippen LogP contribution is 2.09. The van der Waals surface area contributed by atoms with E-state index in [0.717, 1.165) is 17.7 Å². The maximum Gasteiger partial charge on any atom is 0.222 e. The zero-order valence-electron chi connectivity index (χ0n) is 17.2. The fourth-order valence-corrected chi connectivity index (χ4v) is 3.06. The number of benzene rings is 2. The Labute approximate surface area is 176 Å². The molecule has 1 heterocycles. The Morgan fingerprint density at radius 2 is 1.63 bits per heavy atom. The second-order valence-corrected chi connectivity index (χ2v) is 7.22. The van der Waals surface area contributed by atoms with Crippen LogP contribution in [0.2, 0.25) is 0 Å². The average molecular weight is 405 g/mol. The number of hydrogen-bond donors (Lipinski definition) is 1. The maximum atomic E-state index is 12.2. The molecule has 0 unspecified atom stereocenters. The van der Waals surface area contributed by atoms with Gasteiger partial charge in [0.25, 0.3) is 0 Å². The summed E-state index contributed by atoms with van der Waals surface area (Å²) < 4.78 is 5.42. The maximum absolute atomic E-state index is 12.2. The van der Waals surface area contributed by atoms with Gasteiger partial charge in [-0.3, -0.25) is 9.59 Å². The van der Waals surface area contributed by atoms with E-state index in [2.05, 4.69) is 10.3 Å². The van der Waals surface area contributed by atoms with Crippen molar-refractivity contribution in [1.82, 2.24) is 15.2 Å². The van der Waals surface area contributed by atoms with Crippen molar-refractivity contribution in [3.8, 4) is 0 Å². The Bertz CT molecular complexity index is 939. The van der Waals surface area contributed by atoms with Crippen molar-refractivity contribution in [3.63, 3.8) is 0 Å². The third kappa shape index (κ3) is 6.88. The first-order valence-electron chi connectivity index (χ1n) is 10.1. The van der Waals surface area contributed by atoms with Crippen LogP contribution in [0.25, 0.3) is 0 Å². The van der Waals surface area contributed by atoms with Gasteiger partial charge < -0.3 is 14.6 Å². The van der Waals surface area contributed by atoms with Crippen LogP contribution in [0.5, 0.6) is 0 Å². The highest BCUT2D eigenvalue weighted by atomic mass is 16.3. The van der Waals surface area contributed by atoms with Gasteiger partial charge in [-0.05, 0) is 17.5 Å². The van der Waals surface area contributed by atoms with E-state index in [1.54, 1.807) is 18.2 Å². The van der Waals surface area contributed by atoms with Crippen LogP contribution in [0.1, 0.15) is 35.6 Å². The molecule has 2 aromatic carbocycles. The Morgan fingerprint density at radius 1 is 0.967 bits per heavy atom. The molecule has 0 aliphatic rings. The summed E-state index contributed by atoms with van der Waals surface area (Å²) in [5.74, 6) is 0.227. The highest BCUT2D eigenvalue weighted by Gasteiger charge is 2.12. The van der Waals surface area contributed by atoms with Crippen molar-refractivity contribution in [2.75, 3.05) is 13.6 Å². The first kappa shape index (κ1) is 21.3. The van der Waals surface area contributed by atoms with E-state index in [0.29, 0.717) is 18.9 Å². The zero-order chi connectivity index (χ0) is 21.2. The normalized spacial score (nSPS) is 10.6. The van der Waals surface area contributed by atoms with Gasteiger partial charge in [0.1, 0.15) is 6.26 Å². The number of amides is 2.